The fourth-order valence-corrected chi connectivity index (χ4v) is 2.33. The molecule has 0 spiro atoms. The van der Waals surface area contributed by atoms with Gasteiger partial charge in [-0.1, -0.05) is 32.6 Å². The molecule has 0 unspecified atom stereocenters. The van der Waals surface area contributed by atoms with E-state index in [1.807, 2.05) is 0 Å². The van der Waals surface area contributed by atoms with Gasteiger partial charge in [0.25, 0.3) is 0 Å². The molecule has 4 nitrogen and oxygen atoms in total. The Morgan fingerprint density at radius 3 is 2.50 bits per heavy atom. The molecular formula is C15H20BrNO3. The van der Waals surface area contributed by atoms with Crippen molar-refractivity contribution >= 4 is 33.5 Å². The summed E-state index contributed by atoms with van der Waals surface area (Å²) in [5.41, 5.74) is 0.794. The van der Waals surface area contributed by atoms with Crippen LogP contribution in [0.15, 0.2) is 22.7 Å². The van der Waals surface area contributed by atoms with Crippen LogP contribution in [0.5, 0.6) is 0 Å². The van der Waals surface area contributed by atoms with Crippen molar-refractivity contribution in [1.82, 2.24) is 0 Å². The molecule has 110 valence electrons. The Morgan fingerprint density at radius 2 is 1.90 bits per heavy atom. The van der Waals surface area contributed by atoms with Crippen molar-refractivity contribution in [2.45, 2.75) is 45.4 Å². The summed E-state index contributed by atoms with van der Waals surface area (Å²) >= 11 is 3.27. The van der Waals surface area contributed by atoms with Gasteiger partial charge < -0.3 is 10.4 Å². The predicted octanol–water partition coefficient (Wildman–Crippen LogP) is 4.45. The fourth-order valence-electron chi connectivity index (χ4n) is 1.85. The number of hydrogen-bond donors (Lipinski definition) is 2. The molecule has 0 aliphatic rings. The third kappa shape index (κ3) is 5.74. The number of carbonyl (C=O) groups is 2. The number of carbonyl (C=O) groups excluding carboxylic acids is 1. The van der Waals surface area contributed by atoms with Gasteiger partial charge >= 0.3 is 5.97 Å². The van der Waals surface area contributed by atoms with Gasteiger partial charge in [-0.05, 0) is 40.5 Å². The Kier molecular flexibility index (Phi) is 7.30. The van der Waals surface area contributed by atoms with Crippen LogP contribution in [0.4, 0.5) is 5.69 Å². The van der Waals surface area contributed by atoms with E-state index in [0.29, 0.717) is 16.6 Å². The highest BCUT2D eigenvalue weighted by Crippen LogP contribution is 2.24. The zero-order valence-electron chi connectivity index (χ0n) is 11.6. The van der Waals surface area contributed by atoms with Gasteiger partial charge in [0.2, 0.25) is 5.91 Å². The molecule has 1 amide bonds. The van der Waals surface area contributed by atoms with Gasteiger partial charge in [0.1, 0.15) is 0 Å². The molecule has 0 fully saturated rings. The molecule has 0 aliphatic heterocycles. The number of rotatable bonds is 8. The van der Waals surface area contributed by atoms with Crippen molar-refractivity contribution in [1.29, 1.82) is 0 Å². The Bertz CT molecular complexity index is 474. The number of anilines is 1. The van der Waals surface area contributed by atoms with E-state index in [1.165, 1.54) is 31.4 Å². The van der Waals surface area contributed by atoms with Crippen LogP contribution in [0, 0.1) is 0 Å². The molecule has 1 aromatic rings. The lowest BCUT2D eigenvalue weighted by Gasteiger charge is -2.08. The molecule has 0 heterocycles. The van der Waals surface area contributed by atoms with Crippen LogP contribution in [0.3, 0.4) is 0 Å². The lowest BCUT2D eigenvalue weighted by molar-refractivity contribution is -0.116. The van der Waals surface area contributed by atoms with E-state index in [-0.39, 0.29) is 11.5 Å². The molecule has 2 N–H and O–H groups in total. The molecule has 0 radical (unpaired) electrons. The van der Waals surface area contributed by atoms with Gasteiger partial charge in [0.05, 0.1) is 11.3 Å². The summed E-state index contributed by atoms with van der Waals surface area (Å²) in [6.45, 7) is 2.16. The van der Waals surface area contributed by atoms with E-state index >= 15 is 0 Å². The van der Waals surface area contributed by atoms with Crippen molar-refractivity contribution in [3.63, 3.8) is 0 Å². The third-order valence-corrected chi connectivity index (χ3v) is 3.65. The molecule has 1 rings (SSSR count). The van der Waals surface area contributed by atoms with Gasteiger partial charge in [0, 0.05) is 10.9 Å². The lowest BCUT2D eigenvalue weighted by Crippen LogP contribution is -2.11. The van der Waals surface area contributed by atoms with Crippen molar-refractivity contribution in [2.75, 3.05) is 5.32 Å². The smallest absolute Gasteiger partial charge is 0.335 e. The van der Waals surface area contributed by atoms with E-state index < -0.39 is 5.97 Å². The summed E-state index contributed by atoms with van der Waals surface area (Å²) in [6, 6.07) is 4.56. The summed E-state index contributed by atoms with van der Waals surface area (Å²) in [5, 5.41) is 11.6. The lowest BCUT2D eigenvalue weighted by atomic mass is 10.1. The van der Waals surface area contributed by atoms with E-state index in [2.05, 4.69) is 28.2 Å². The van der Waals surface area contributed by atoms with Crippen molar-refractivity contribution in [3.05, 3.63) is 28.2 Å². The van der Waals surface area contributed by atoms with Crippen molar-refractivity contribution in [2.24, 2.45) is 0 Å². The summed E-state index contributed by atoms with van der Waals surface area (Å²) in [7, 11) is 0. The summed E-state index contributed by atoms with van der Waals surface area (Å²) < 4.78 is 0.580. The monoisotopic (exact) mass is 341 g/mol. The van der Waals surface area contributed by atoms with Crippen LogP contribution in [-0.2, 0) is 4.79 Å². The quantitative estimate of drug-likeness (QED) is 0.686. The fraction of sp³-hybridized carbons (Fsp3) is 0.467. The largest absolute Gasteiger partial charge is 0.478 e. The summed E-state index contributed by atoms with van der Waals surface area (Å²) in [6.07, 6.45) is 6.02. The van der Waals surface area contributed by atoms with Gasteiger partial charge in [-0.2, -0.15) is 0 Å². The first kappa shape index (κ1) is 16.7. The van der Waals surface area contributed by atoms with Gasteiger partial charge in [-0.25, -0.2) is 4.79 Å². The first-order chi connectivity index (χ1) is 9.54. The minimum atomic E-state index is -0.987. The number of carboxylic acid groups (broad SMARTS) is 1. The van der Waals surface area contributed by atoms with Crippen LogP contribution < -0.4 is 5.32 Å². The maximum absolute atomic E-state index is 11.8. The Labute approximate surface area is 127 Å². The van der Waals surface area contributed by atoms with Crippen LogP contribution in [0.1, 0.15) is 55.8 Å². The highest BCUT2D eigenvalue weighted by molar-refractivity contribution is 9.10. The minimum absolute atomic E-state index is 0.0368. The minimum Gasteiger partial charge on any atom is -0.478 e. The number of unbranched alkanes of at least 4 members (excludes halogenated alkanes) is 4. The second-order valence-corrected chi connectivity index (χ2v) is 5.57. The average Bonchev–Trinajstić information content (AvgIpc) is 2.40. The SMILES string of the molecule is CCCCCCCC(=O)Nc1ccc(C(=O)O)cc1Br. The van der Waals surface area contributed by atoms with Crippen LogP contribution in [0.25, 0.3) is 0 Å². The molecule has 1 aromatic carbocycles. The number of nitrogens with one attached hydrogen (secondary N) is 1. The van der Waals surface area contributed by atoms with Crippen molar-refractivity contribution < 1.29 is 14.7 Å². The van der Waals surface area contributed by atoms with Crippen LogP contribution in [-0.4, -0.2) is 17.0 Å². The number of hydrogen-bond acceptors (Lipinski definition) is 2. The first-order valence-corrected chi connectivity index (χ1v) is 7.66. The number of benzene rings is 1. The number of amides is 1. The van der Waals surface area contributed by atoms with E-state index in [9.17, 15) is 9.59 Å². The standard InChI is InChI=1S/C15H20BrNO3/c1-2-3-4-5-6-7-14(18)17-13-9-8-11(15(19)20)10-12(13)16/h8-10H,2-7H2,1H3,(H,17,18)(H,19,20). The maximum Gasteiger partial charge on any atom is 0.335 e. The molecule has 0 saturated carbocycles. The summed E-state index contributed by atoms with van der Waals surface area (Å²) in [5.74, 6) is -1.02. The predicted molar refractivity (Wildman–Crippen MR) is 83.1 cm³/mol. The van der Waals surface area contributed by atoms with Gasteiger partial charge in [-0.3, -0.25) is 4.79 Å². The van der Waals surface area contributed by atoms with Crippen LogP contribution in [0.2, 0.25) is 0 Å². The Balaban J connectivity index is 2.44. The molecule has 0 bridgehead atoms. The topological polar surface area (TPSA) is 66.4 Å². The summed E-state index contributed by atoms with van der Waals surface area (Å²) in [4.78, 5) is 22.6. The molecular weight excluding hydrogens is 322 g/mol. The van der Waals surface area contributed by atoms with E-state index in [4.69, 9.17) is 5.11 Å². The van der Waals surface area contributed by atoms with E-state index in [0.717, 1.165) is 12.8 Å². The average molecular weight is 342 g/mol. The molecule has 0 atom stereocenters. The van der Waals surface area contributed by atoms with E-state index in [1.54, 1.807) is 6.07 Å². The third-order valence-electron chi connectivity index (χ3n) is 3.00. The molecule has 20 heavy (non-hydrogen) atoms. The highest BCUT2D eigenvalue weighted by Gasteiger charge is 2.09. The number of carboxylic acids is 1. The van der Waals surface area contributed by atoms with Crippen LogP contribution >= 0.6 is 15.9 Å². The maximum atomic E-state index is 11.8. The molecule has 5 heteroatoms. The highest BCUT2D eigenvalue weighted by atomic mass is 79.9. The molecule has 0 aliphatic carbocycles. The Morgan fingerprint density at radius 1 is 1.20 bits per heavy atom. The first-order valence-electron chi connectivity index (χ1n) is 6.87. The number of aromatic carboxylic acids is 1. The number of halogens is 1. The zero-order chi connectivity index (χ0) is 15.0. The molecule has 0 aromatic heterocycles. The molecule has 0 saturated heterocycles. The normalized spacial score (nSPS) is 10.3. The van der Waals surface area contributed by atoms with Gasteiger partial charge in [-0.15, -0.1) is 0 Å². The second-order valence-electron chi connectivity index (χ2n) is 4.71. The zero-order valence-corrected chi connectivity index (χ0v) is 13.2. The Hall–Kier alpha value is -1.36. The van der Waals surface area contributed by atoms with Crippen molar-refractivity contribution in [3.8, 4) is 0 Å². The van der Waals surface area contributed by atoms with Gasteiger partial charge in [0.15, 0.2) is 0 Å². The second kappa shape index (κ2) is 8.74.